The molecule has 92 valence electrons. The third-order valence-electron chi connectivity index (χ3n) is 2.49. The minimum atomic E-state index is -0.211. The predicted molar refractivity (Wildman–Crippen MR) is 75.5 cm³/mol. The van der Waals surface area contributed by atoms with Gasteiger partial charge in [0.05, 0.1) is 10.5 Å². The Bertz CT molecular complexity index is 598. The summed E-state index contributed by atoms with van der Waals surface area (Å²) in [5, 5.41) is 3.74. The first-order chi connectivity index (χ1) is 8.66. The van der Waals surface area contributed by atoms with E-state index in [1.807, 2.05) is 30.3 Å². The van der Waals surface area contributed by atoms with Crippen LogP contribution < -0.4 is 11.1 Å². The van der Waals surface area contributed by atoms with Crippen molar-refractivity contribution in [1.82, 2.24) is 10.3 Å². The molecule has 0 unspecified atom stereocenters. The molecule has 0 aliphatic heterocycles. The molecule has 0 aliphatic rings. The molecular formula is C13H13N3OS. The molecular weight excluding hydrogens is 246 g/mol. The average Bonchev–Trinajstić information content (AvgIpc) is 2.37. The van der Waals surface area contributed by atoms with Crippen molar-refractivity contribution in [2.45, 2.75) is 6.42 Å². The number of para-hydroxylation sites is 1. The van der Waals surface area contributed by atoms with Crippen LogP contribution in [-0.4, -0.2) is 22.4 Å². The van der Waals surface area contributed by atoms with Crippen molar-refractivity contribution in [3.8, 4) is 0 Å². The van der Waals surface area contributed by atoms with Crippen LogP contribution in [0.15, 0.2) is 36.4 Å². The SMILES string of the molecule is NC(=S)CCNC(=O)c1ccc2ccccc2n1. The minimum absolute atomic E-state index is 0.211. The number of amides is 1. The van der Waals surface area contributed by atoms with Crippen LogP contribution in [0.1, 0.15) is 16.9 Å². The highest BCUT2D eigenvalue weighted by atomic mass is 32.1. The Hall–Kier alpha value is -2.01. The lowest BCUT2D eigenvalue weighted by Crippen LogP contribution is -2.27. The lowest BCUT2D eigenvalue weighted by atomic mass is 10.2. The van der Waals surface area contributed by atoms with Crippen molar-refractivity contribution in [2.75, 3.05) is 6.54 Å². The maximum atomic E-state index is 11.8. The molecule has 1 aromatic carbocycles. The maximum absolute atomic E-state index is 11.8. The second kappa shape index (κ2) is 5.55. The number of fused-ring (bicyclic) bond motifs is 1. The number of nitrogens with one attached hydrogen (secondary N) is 1. The Morgan fingerprint density at radius 3 is 2.83 bits per heavy atom. The topological polar surface area (TPSA) is 68.0 Å². The van der Waals surface area contributed by atoms with E-state index in [1.165, 1.54) is 0 Å². The highest BCUT2D eigenvalue weighted by Crippen LogP contribution is 2.11. The zero-order valence-electron chi connectivity index (χ0n) is 9.72. The molecule has 0 saturated carbocycles. The largest absolute Gasteiger partial charge is 0.393 e. The Kier molecular flexibility index (Phi) is 3.84. The van der Waals surface area contributed by atoms with Gasteiger partial charge in [-0.3, -0.25) is 4.79 Å². The Morgan fingerprint density at radius 1 is 1.28 bits per heavy atom. The van der Waals surface area contributed by atoms with Crippen molar-refractivity contribution < 1.29 is 4.79 Å². The molecule has 5 heteroatoms. The van der Waals surface area contributed by atoms with Crippen LogP contribution in [0.5, 0.6) is 0 Å². The summed E-state index contributed by atoms with van der Waals surface area (Å²) in [6.07, 6.45) is 0.495. The van der Waals surface area contributed by atoms with E-state index < -0.39 is 0 Å². The molecule has 1 heterocycles. The zero-order valence-corrected chi connectivity index (χ0v) is 10.5. The van der Waals surface area contributed by atoms with Gasteiger partial charge in [-0.05, 0) is 12.1 Å². The Balaban J connectivity index is 2.10. The summed E-state index contributed by atoms with van der Waals surface area (Å²) < 4.78 is 0. The number of hydrogen-bond acceptors (Lipinski definition) is 3. The molecule has 18 heavy (non-hydrogen) atoms. The molecule has 2 aromatic rings. The summed E-state index contributed by atoms with van der Waals surface area (Å²) in [6.45, 7) is 0.433. The van der Waals surface area contributed by atoms with E-state index in [-0.39, 0.29) is 5.91 Å². The highest BCUT2D eigenvalue weighted by molar-refractivity contribution is 7.80. The molecule has 1 aromatic heterocycles. The van der Waals surface area contributed by atoms with Gasteiger partial charge in [0.15, 0.2) is 0 Å². The Labute approximate surface area is 110 Å². The average molecular weight is 259 g/mol. The lowest BCUT2D eigenvalue weighted by molar-refractivity contribution is 0.0950. The molecule has 4 nitrogen and oxygen atoms in total. The molecule has 0 aliphatic carbocycles. The van der Waals surface area contributed by atoms with Gasteiger partial charge in [0.2, 0.25) is 0 Å². The number of nitrogens with zero attached hydrogens (tertiary/aromatic N) is 1. The van der Waals surface area contributed by atoms with Gasteiger partial charge in [0, 0.05) is 18.4 Å². The predicted octanol–water partition coefficient (Wildman–Crippen LogP) is 1.64. The second-order valence-electron chi connectivity index (χ2n) is 3.86. The zero-order chi connectivity index (χ0) is 13.0. The maximum Gasteiger partial charge on any atom is 0.269 e. The molecule has 3 N–H and O–H groups in total. The van der Waals surface area contributed by atoms with E-state index >= 15 is 0 Å². The lowest BCUT2D eigenvalue weighted by Gasteiger charge is -2.04. The molecule has 2 rings (SSSR count). The molecule has 0 fully saturated rings. The van der Waals surface area contributed by atoms with Gasteiger partial charge in [0.25, 0.3) is 5.91 Å². The summed E-state index contributed by atoms with van der Waals surface area (Å²) in [6, 6.07) is 11.2. The number of carbonyl (C=O) groups is 1. The van der Waals surface area contributed by atoms with Gasteiger partial charge in [-0.15, -0.1) is 0 Å². The summed E-state index contributed by atoms with van der Waals surface area (Å²) >= 11 is 4.74. The van der Waals surface area contributed by atoms with E-state index in [0.717, 1.165) is 10.9 Å². The van der Waals surface area contributed by atoms with E-state index in [1.54, 1.807) is 6.07 Å². The number of carbonyl (C=O) groups excluding carboxylic acids is 1. The van der Waals surface area contributed by atoms with Gasteiger partial charge >= 0.3 is 0 Å². The summed E-state index contributed by atoms with van der Waals surface area (Å²) in [5.41, 5.74) is 6.56. The van der Waals surface area contributed by atoms with Gasteiger partial charge < -0.3 is 11.1 Å². The molecule has 1 amide bonds. The summed E-state index contributed by atoms with van der Waals surface area (Å²) in [7, 11) is 0. The molecule has 0 atom stereocenters. The number of aromatic nitrogens is 1. The molecule has 0 spiro atoms. The quantitative estimate of drug-likeness (QED) is 0.819. The summed E-state index contributed by atoms with van der Waals surface area (Å²) in [4.78, 5) is 16.5. The van der Waals surface area contributed by atoms with Gasteiger partial charge in [-0.1, -0.05) is 36.5 Å². The van der Waals surface area contributed by atoms with Gasteiger partial charge in [-0.2, -0.15) is 0 Å². The normalized spacial score (nSPS) is 10.2. The van der Waals surface area contributed by atoms with Crippen LogP contribution in [-0.2, 0) is 0 Å². The van der Waals surface area contributed by atoms with Crippen molar-refractivity contribution in [2.24, 2.45) is 5.73 Å². The number of pyridine rings is 1. The van der Waals surface area contributed by atoms with Crippen LogP contribution in [0, 0.1) is 0 Å². The standard InChI is InChI=1S/C13H13N3OS/c14-12(18)7-8-15-13(17)11-6-5-9-3-1-2-4-10(9)16-11/h1-6H,7-8H2,(H2,14,18)(H,15,17). The van der Waals surface area contributed by atoms with E-state index in [2.05, 4.69) is 10.3 Å². The smallest absolute Gasteiger partial charge is 0.269 e. The molecule has 0 bridgehead atoms. The third-order valence-corrected chi connectivity index (χ3v) is 2.69. The second-order valence-corrected chi connectivity index (χ2v) is 4.39. The first-order valence-corrected chi connectivity index (χ1v) is 6.00. The van der Waals surface area contributed by atoms with Crippen LogP contribution >= 0.6 is 12.2 Å². The van der Waals surface area contributed by atoms with Crippen LogP contribution in [0.25, 0.3) is 10.9 Å². The number of rotatable bonds is 4. The first kappa shape index (κ1) is 12.4. The van der Waals surface area contributed by atoms with Crippen molar-refractivity contribution in [3.05, 3.63) is 42.1 Å². The third kappa shape index (κ3) is 3.01. The number of nitrogens with two attached hydrogens (primary N) is 1. The van der Waals surface area contributed by atoms with Gasteiger partial charge in [-0.25, -0.2) is 4.98 Å². The van der Waals surface area contributed by atoms with Crippen LogP contribution in [0.4, 0.5) is 0 Å². The monoisotopic (exact) mass is 259 g/mol. The fourth-order valence-corrected chi connectivity index (χ4v) is 1.68. The number of hydrogen-bond donors (Lipinski definition) is 2. The first-order valence-electron chi connectivity index (χ1n) is 5.59. The number of benzene rings is 1. The van der Waals surface area contributed by atoms with E-state index in [9.17, 15) is 4.79 Å². The molecule has 0 radical (unpaired) electrons. The number of thiocarbonyl (C=S) groups is 1. The van der Waals surface area contributed by atoms with Crippen molar-refractivity contribution >= 4 is 34.0 Å². The highest BCUT2D eigenvalue weighted by Gasteiger charge is 2.07. The summed E-state index contributed by atoms with van der Waals surface area (Å²) in [5.74, 6) is -0.211. The molecule has 0 saturated heterocycles. The fraction of sp³-hybridized carbons (Fsp3) is 0.154. The van der Waals surface area contributed by atoms with E-state index in [0.29, 0.717) is 23.6 Å². The Morgan fingerprint density at radius 2 is 2.06 bits per heavy atom. The minimum Gasteiger partial charge on any atom is -0.393 e. The van der Waals surface area contributed by atoms with E-state index in [4.69, 9.17) is 18.0 Å². The van der Waals surface area contributed by atoms with Crippen LogP contribution in [0.2, 0.25) is 0 Å². The fourth-order valence-electron chi connectivity index (χ4n) is 1.58. The van der Waals surface area contributed by atoms with Crippen LogP contribution in [0.3, 0.4) is 0 Å². The van der Waals surface area contributed by atoms with Crippen molar-refractivity contribution in [3.63, 3.8) is 0 Å². The van der Waals surface area contributed by atoms with Crippen molar-refractivity contribution in [1.29, 1.82) is 0 Å². The van der Waals surface area contributed by atoms with Gasteiger partial charge in [0.1, 0.15) is 5.69 Å².